The largest absolute Gasteiger partial charge is 0.427 e. The summed E-state index contributed by atoms with van der Waals surface area (Å²) in [6.45, 7) is 15.4. The molecule has 9 nitrogen and oxygen atoms in total. The average molecular weight is 494 g/mol. The average Bonchev–Trinajstić information content (AvgIpc) is 2.72. The highest BCUT2D eigenvalue weighted by molar-refractivity contribution is 5.83. The molecule has 9 heteroatoms. The Bertz CT molecular complexity index is 992. The van der Waals surface area contributed by atoms with Gasteiger partial charge in [0.1, 0.15) is 5.54 Å². The maximum absolute atomic E-state index is 13.0. The van der Waals surface area contributed by atoms with Crippen LogP contribution in [-0.4, -0.2) is 49.2 Å². The molecule has 1 aliphatic rings. The summed E-state index contributed by atoms with van der Waals surface area (Å²) in [6, 6.07) is 4.84. The van der Waals surface area contributed by atoms with Crippen molar-refractivity contribution in [3.63, 3.8) is 0 Å². The van der Waals surface area contributed by atoms with Crippen LogP contribution in [0.3, 0.4) is 0 Å². The predicted octanol–water partition coefficient (Wildman–Crippen LogP) is 3.76. The van der Waals surface area contributed by atoms with Crippen molar-refractivity contribution in [3.05, 3.63) is 23.8 Å². The number of cyclic esters (lactones) is 1. The van der Waals surface area contributed by atoms with Gasteiger partial charge in [-0.25, -0.2) is 4.79 Å². The zero-order valence-electron chi connectivity index (χ0n) is 22.7. The third-order valence-electron chi connectivity index (χ3n) is 6.11. The zero-order valence-corrected chi connectivity index (χ0v) is 22.7. The number of carbonyl (C=O) groups is 3. The first-order valence-corrected chi connectivity index (χ1v) is 11.5. The lowest BCUT2D eigenvalue weighted by Crippen LogP contribution is -2.76. The standard InChI is InChI=1S/C26H39NO8/c1-22(2,3)19(28)33-17-13-12-16(14-18(17)34-20(29)23(4,5)6)15-24(7)21(30)35-26(9,32-11)25(8,27-24)31-10/h12-14,27H,15H2,1-11H3/t24-,25+,26-/m0/s1. The fraction of sp³-hybridized carbons (Fsp3) is 0.654. The lowest BCUT2D eigenvalue weighted by atomic mass is 9.87. The molecule has 0 spiro atoms. The van der Waals surface area contributed by atoms with Crippen molar-refractivity contribution in [3.8, 4) is 11.5 Å². The van der Waals surface area contributed by atoms with Gasteiger partial charge in [-0.05, 0) is 73.1 Å². The highest BCUT2D eigenvalue weighted by Gasteiger charge is 2.59. The summed E-state index contributed by atoms with van der Waals surface area (Å²) < 4.78 is 27.9. The molecule has 0 amide bonds. The van der Waals surface area contributed by atoms with E-state index in [0.717, 1.165) is 0 Å². The van der Waals surface area contributed by atoms with Crippen LogP contribution >= 0.6 is 0 Å². The number of morpholine rings is 1. The maximum Gasteiger partial charge on any atom is 0.329 e. The van der Waals surface area contributed by atoms with Gasteiger partial charge < -0.3 is 23.7 Å². The third-order valence-corrected chi connectivity index (χ3v) is 6.11. The van der Waals surface area contributed by atoms with Crippen molar-refractivity contribution < 1.29 is 38.1 Å². The van der Waals surface area contributed by atoms with Crippen LogP contribution in [0.5, 0.6) is 11.5 Å². The van der Waals surface area contributed by atoms with Crippen molar-refractivity contribution in [1.29, 1.82) is 0 Å². The minimum Gasteiger partial charge on any atom is -0.427 e. The number of rotatable bonds is 6. The van der Waals surface area contributed by atoms with E-state index in [0.29, 0.717) is 5.56 Å². The van der Waals surface area contributed by atoms with Crippen LogP contribution in [0.25, 0.3) is 0 Å². The number of ether oxygens (including phenoxy) is 5. The molecule has 1 aromatic rings. The molecular weight excluding hydrogens is 454 g/mol. The fourth-order valence-corrected chi connectivity index (χ4v) is 3.41. The molecule has 35 heavy (non-hydrogen) atoms. The van der Waals surface area contributed by atoms with Gasteiger partial charge in [0.05, 0.1) is 10.8 Å². The van der Waals surface area contributed by atoms with Gasteiger partial charge >= 0.3 is 17.9 Å². The second-order valence-electron chi connectivity index (χ2n) is 11.5. The normalized spacial score (nSPS) is 27.2. The van der Waals surface area contributed by atoms with Crippen LogP contribution in [0.2, 0.25) is 0 Å². The Morgan fingerprint density at radius 3 is 1.86 bits per heavy atom. The molecule has 196 valence electrons. The van der Waals surface area contributed by atoms with Crippen LogP contribution in [0, 0.1) is 10.8 Å². The second kappa shape index (κ2) is 9.52. The number of nitrogens with one attached hydrogen (secondary N) is 1. The minimum atomic E-state index is -1.35. The zero-order chi connectivity index (χ0) is 27.0. The first-order chi connectivity index (χ1) is 15.8. The van der Waals surface area contributed by atoms with Gasteiger partial charge in [-0.15, -0.1) is 0 Å². The monoisotopic (exact) mass is 493 g/mol. The van der Waals surface area contributed by atoms with Crippen LogP contribution in [-0.2, 0) is 35.0 Å². The van der Waals surface area contributed by atoms with Gasteiger partial charge in [0.2, 0.25) is 0 Å². The van der Waals surface area contributed by atoms with E-state index in [-0.39, 0.29) is 17.9 Å². The molecule has 0 radical (unpaired) electrons. The third kappa shape index (κ3) is 6.02. The van der Waals surface area contributed by atoms with Gasteiger partial charge in [-0.3, -0.25) is 14.9 Å². The molecule has 1 N–H and O–H groups in total. The number of methoxy groups -OCH3 is 2. The van der Waals surface area contributed by atoms with E-state index in [9.17, 15) is 14.4 Å². The molecule has 0 aliphatic carbocycles. The Labute approximate surface area is 207 Å². The van der Waals surface area contributed by atoms with E-state index in [1.165, 1.54) is 14.2 Å². The number of benzene rings is 1. The Balaban J connectivity index is 2.45. The maximum atomic E-state index is 13.0. The summed E-state index contributed by atoms with van der Waals surface area (Å²) in [5.74, 6) is -2.65. The molecule has 0 aromatic heterocycles. The minimum absolute atomic E-state index is 0.0871. The predicted molar refractivity (Wildman–Crippen MR) is 129 cm³/mol. The highest BCUT2D eigenvalue weighted by atomic mass is 16.7. The molecule has 3 atom stereocenters. The Hall–Kier alpha value is -2.49. The van der Waals surface area contributed by atoms with Crippen LogP contribution in [0.1, 0.15) is 67.9 Å². The Morgan fingerprint density at radius 2 is 1.40 bits per heavy atom. The van der Waals surface area contributed by atoms with Gasteiger partial charge in [0.25, 0.3) is 5.79 Å². The SMILES string of the molecule is CO[C@@]1(C)OC(=O)[C@](C)(Cc2ccc(OC(=O)C(C)(C)C)c(OC(=O)C(C)(C)C)c2)N[C@]1(C)OC. The summed E-state index contributed by atoms with van der Waals surface area (Å²) in [7, 11) is 2.93. The fourth-order valence-electron chi connectivity index (χ4n) is 3.41. The number of esters is 3. The van der Waals surface area contributed by atoms with E-state index in [4.69, 9.17) is 23.7 Å². The lowest BCUT2D eigenvalue weighted by Gasteiger charge is -2.52. The molecule has 0 bridgehead atoms. The lowest BCUT2D eigenvalue weighted by molar-refractivity contribution is -0.324. The van der Waals surface area contributed by atoms with Crippen LogP contribution in [0.15, 0.2) is 18.2 Å². The van der Waals surface area contributed by atoms with E-state index >= 15 is 0 Å². The second-order valence-corrected chi connectivity index (χ2v) is 11.5. The van der Waals surface area contributed by atoms with Gasteiger partial charge in [-0.2, -0.15) is 0 Å². The molecular formula is C26H39NO8. The van der Waals surface area contributed by atoms with E-state index in [2.05, 4.69) is 5.32 Å². The van der Waals surface area contributed by atoms with Gasteiger partial charge in [0, 0.05) is 27.6 Å². The molecule has 1 fully saturated rings. The molecule has 1 saturated heterocycles. The molecule has 0 saturated carbocycles. The molecule has 2 rings (SSSR count). The van der Waals surface area contributed by atoms with Crippen molar-refractivity contribution in [2.24, 2.45) is 10.8 Å². The van der Waals surface area contributed by atoms with Crippen molar-refractivity contribution in [2.45, 2.75) is 85.8 Å². The van der Waals surface area contributed by atoms with Gasteiger partial charge in [-0.1, -0.05) is 6.07 Å². The van der Waals surface area contributed by atoms with Gasteiger partial charge in [0.15, 0.2) is 17.2 Å². The van der Waals surface area contributed by atoms with E-state index < -0.39 is 45.8 Å². The smallest absolute Gasteiger partial charge is 0.329 e. The van der Waals surface area contributed by atoms with Crippen molar-refractivity contribution in [1.82, 2.24) is 5.32 Å². The Morgan fingerprint density at radius 1 is 0.886 bits per heavy atom. The molecule has 1 aliphatic heterocycles. The number of hydrogen-bond acceptors (Lipinski definition) is 9. The summed E-state index contributed by atoms with van der Waals surface area (Å²) in [5.41, 5.74) is -3.24. The first-order valence-electron chi connectivity index (χ1n) is 11.5. The molecule has 0 unspecified atom stereocenters. The number of carbonyl (C=O) groups excluding carboxylic acids is 3. The van der Waals surface area contributed by atoms with E-state index in [1.54, 1.807) is 80.5 Å². The van der Waals surface area contributed by atoms with Crippen LogP contribution in [0.4, 0.5) is 0 Å². The summed E-state index contributed by atoms with van der Waals surface area (Å²) >= 11 is 0. The quantitative estimate of drug-likeness (QED) is 0.468. The van der Waals surface area contributed by atoms with Crippen molar-refractivity contribution >= 4 is 17.9 Å². The summed E-state index contributed by atoms with van der Waals surface area (Å²) in [6.07, 6.45) is 0.165. The summed E-state index contributed by atoms with van der Waals surface area (Å²) in [5, 5.41) is 3.23. The van der Waals surface area contributed by atoms with Crippen LogP contribution < -0.4 is 14.8 Å². The summed E-state index contributed by atoms with van der Waals surface area (Å²) in [4.78, 5) is 38.2. The highest BCUT2D eigenvalue weighted by Crippen LogP contribution is 2.38. The Kier molecular flexibility index (Phi) is 7.82. The molecule has 1 aromatic carbocycles. The topological polar surface area (TPSA) is 109 Å². The van der Waals surface area contributed by atoms with Crippen molar-refractivity contribution in [2.75, 3.05) is 14.2 Å². The number of hydrogen-bond donors (Lipinski definition) is 1. The molecule has 1 heterocycles. The van der Waals surface area contributed by atoms with E-state index in [1.807, 2.05) is 0 Å². The first kappa shape index (κ1) is 28.7.